The molecule has 76 heavy (non-hydrogen) atoms. The zero-order chi connectivity index (χ0) is 51.2. The molecule has 0 fully saturated rings. The maximum atomic E-state index is 14.3. The van der Waals surface area contributed by atoms with Crippen LogP contribution in [-0.2, 0) is 4.79 Å². The highest BCUT2D eigenvalue weighted by atomic mass is 127. The average molecular weight is 1310 g/mol. The van der Waals surface area contributed by atoms with Crippen LogP contribution in [0.15, 0.2) is 200 Å². The van der Waals surface area contributed by atoms with Gasteiger partial charge in [-0.15, -0.1) is 4.57 Å². The number of hydrogen-bond acceptors (Lipinski definition) is 8. The third-order valence-electron chi connectivity index (χ3n) is 13.4. The maximum absolute atomic E-state index is 14.3. The Hall–Kier alpha value is -5.02. The van der Waals surface area contributed by atoms with Crippen molar-refractivity contribution in [1.29, 1.82) is 0 Å². The van der Waals surface area contributed by atoms with Gasteiger partial charge in [-0.2, -0.15) is 4.57 Å². The van der Waals surface area contributed by atoms with E-state index in [1.807, 2.05) is 30.3 Å². The van der Waals surface area contributed by atoms with E-state index in [0.29, 0.717) is 25.3 Å². The van der Waals surface area contributed by atoms with Crippen LogP contribution in [0.2, 0.25) is 0 Å². The van der Waals surface area contributed by atoms with Crippen LogP contribution >= 0.6 is 45.3 Å². The van der Waals surface area contributed by atoms with E-state index in [-0.39, 0.29) is 59.1 Å². The number of halogens is 2. The van der Waals surface area contributed by atoms with Gasteiger partial charge in [0.15, 0.2) is 5.03 Å². The van der Waals surface area contributed by atoms with Crippen LogP contribution in [0.1, 0.15) is 30.4 Å². The van der Waals surface area contributed by atoms with Crippen molar-refractivity contribution in [2.24, 2.45) is 0 Å². The van der Waals surface area contributed by atoms with Gasteiger partial charge in [-0.25, -0.2) is 0 Å². The summed E-state index contributed by atoms with van der Waals surface area (Å²) in [5.74, 6) is 0.686. The number of hydrogen-bond donors (Lipinski definition) is 2. The molecule has 6 aromatic carbocycles. The van der Waals surface area contributed by atoms with Crippen molar-refractivity contribution >= 4 is 102 Å². The molecule has 0 aliphatic carbocycles. The van der Waals surface area contributed by atoms with Gasteiger partial charge in [0.1, 0.15) is 0 Å². The lowest BCUT2D eigenvalue weighted by Gasteiger charge is -2.43. The van der Waals surface area contributed by atoms with E-state index < -0.39 is 10.0 Å². The molecule has 9 nitrogen and oxygen atoms in total. The van der Waals surface area contributed by atoms with Crippen LogP contribution in [0.4, 0.5) is 16.2 Å². The standard InChI is InChI=1S/C61H61N7O2S4.2HI/c1-64(37-20-35-62-56(69)34-39-71-59-42-44(40-57-65(2)52-30-16-18-32-54(52)72-57)48-26-12-14-28-50(48)67(59)46-22-8-6-9-23-46)38-21-36-63-61(70)74(4,5)60-43-45(41-58-66(3)53-31-17-19-33-55(53)73-58)49-27-13-15-29-51(49)68(60)47-24-10-7-11-25-47;;/h6-19,22-33,40-43H,4-5,20-21,34-39H2,1-3H3,(H,62,69)(H,63,70);2*1H/p-2. The largest absolute Gasteiger partial charge is 1.00 e. The molecule has 0 saturated heterocycles. The van der Waals surface area contributed by atoms with Crippen LogP contribution in [0, 0.1) is 12.5 Å². The molecule has 10 rings (SSSR count). The summed E-state index contributed by atoms with van der Waals surface area (Å²) in [4.78, 5) is 36.7. The topological polar surface area (TPSA) is 75.7 Å². The molecule has 0 saturated carbocycles. The first-order valence-corrected chi connectivity index (χ1v) is 29.5. The first-order chi connectivity index (χ1) is 36.0. The predicted octanol–water partition coefficient (Wildman–Crippen LogP) is 7.10. The summed E-state index contributed by atoms with van der Waals surface area (Å²) in [7, 11) is 3.79. The van der Waals surface area contributed by atoms with Crippen molar-refractivity contribution in [2.45, 2.75) is 39.1 Å². The fraction of sp³-hybridized carbons (Fsp3) is 0.180. The van der Waals surface area contributed by atoms with E-state index in [9.17, 15) is 9.59 Å². The van der Waals surface area contributed by atoms with E-state index in [4.69, 9.17) is 0 Å². The highest BCUT2D eigenvalue weighted by molar-refractivity contribution is 8.46. The van der Waals surface area contributed by atoms with Crippen molar-refractivity contribution in [3.8, 4) is 11.4 Å². The van der Waals surface area contributed by atoms with Crippen LogP contribution < -0.4 is 77.5 Å². The van der Waals surface area contributed by atoms with E-state index in [1.54, 1.807) is 35.3 Å². The number of thioether (sulfide) groups is 3. The van der Waals surface area contributed by atoms with Crippen LogP contribution in [0.5, 0.6) is 0 Å². The molecule has 0 spiro atoms. The fourth-order valence-corrected chi connectivity index (χ4v) is 14.2. The second-order valence-corrected chi connectivity index (χ2v) is 24.3. The van der Waals surface area contributed by atoms with Gasteiger partial charge in [-0.3, -0.25) is 9.59 Å². The van der Waals surface area contributed by atoms with Crippen LogP contribution in [-0.4, -0.2) is 69.1 Å². The number of anilines is 2. The molecule has 2 aliphatic heterocycles. The Bertz CT molecular complexity index is 3430. The summed E-state index contributed by atoms with van der Waals surface area (Å²) in [5.41, 5.74) is 8.68. The lowest BCUT2D eigenvalue weighted by Crippen LogP contribution is -3.00. The lowest BCUT2D eigenvalue weighted by atomic mass is 10.1. The average Bonchev–Trinajstić information content (AvgIpc) is 3.92. The van der Waals surface area contributed by atoms with E-state index in [0.717, 1.165) is 79.9 Å². The second kappa shape index (κ2) is 26.1. The summed E-state index contributed by atoms with van der Waals surface area (Å²) in [5, 5.41) is 12.6. The van der Waals surface area contributed by atoms with E-state index >= 15 is 0 Å². The molecule has 2 aliphatic rings. The fourth-order valence-electron chi connectivity index (χ4n) is 9.49. The van der Waals surface area contributed by atoms with E-state index in [1.165, 1.54) is 31.6 Å². The van der Waals surface area contributed by atoms with Crippen molar-refractivity contribution < 1.29 is 66.7 Å². The number of nitrogens with zero attached hydrogens (tertiary/aromatic N) is 5. The molecular weight excluding hydrogens is 1240 g/mol. The van der Waals surface area contributed by atoms with Gasteiger partial charge < -0.3 is 95.8 Å². The maximum Gasteiger partial charge on any atom is 0.247 e. The lowest BCUT2D eigenvalue weighted by molar-refractivity contribution is -0.609. The van der Waals surface area contributed by atoms with Gasteiger partial charge in [0.2, 0.25) is 38.6 Å². The van der Waals surface area contributed by atoms with Gasteiger partial charge in [-0.05, 0) is 92.7 Å². The number of carbonyl (C=O) groups excluding carboxylic acids is 2. The molecule has 2 aromatic heterocycles. The SMILES string of the molecule is [CH2-]S([CH2-])(C(=O)NCCCN(C)CCCNC(=O)CCSc1cc(C=C2Sc3ccccc3N2C)c2ccccc2[n+]1-c1ccccc1)c1cc(C=C2Sc3ccccc3N2C)c2ccccc2[n+]1-c1ccccc1.[I-].[I-]. The van der Waals surface area contributed by atoms with Crippen molar-refractivity contribution in [3.63, 3.8) is 0 Å². The first kappa shape index (κ1) is 57.2. The molecule has 0 unspecified atom stereocenters. The summed E-state index contributed by atoms with van der Waals surface area (Å²) >= 11 is 5.24. The van der Waals surface area contributed by atoms with Crippen molar-refractivity contribution in [2.75, 3.05) is 62.9 Å². The Balaban J connectivity index is 0.00000383. The highest BCUT2D eigenvalue weighted by Gasteiger charge is 2.30. The number of carbonyl (C=O) groups is 2. The molecule has 0 atom stereocenters. The highest BCUT2D eigenvalue weighted by Crippen LogP contribution is 2.54. The Morgan fingerprint density at radius 1 is 0.618 bits per heavy atom. The number of pyridine rings is 2. The number of rotatable bonds is 17. The van der Waals surface area contributed by atoms with Gasteiger partial charge in [0.25, 0.3) is 0 Å². The van der Waals surface area contributed by atoms with Crippen LogP contribution in [0.25, 0.3) is 45.3 Å². The Kier molecular flexibility index (Phi) is 19.6. The summed E-state index contributed by atoms with van der Waals surface area (Å²) in [6, 6.07) is 58.9. The quantitative estimate of drug-likeness (QED) is 0.0329. The molecule has 15 heteroatoms. The number of fused-ring (bicyclic) bond motifs is 4. The predicted molar refractivity (Wildman–Crippen MR) is 313 cm³/mol. The van der Waals surface area contributed by atoms with Gasteiger partial charge in [0.05, 0.1) is 32.2 Å². The smallest absolute Gasteiger partial charge is 0.247 e. The molecule has 2 amide bonds. The minimum atomic E-state index is -2.52. The van der Waals surface area contributed by atoms with E-state index in [2.05, 4.69) is 220 Å². The van der Waals surface area contributed by atoms with Crippen molar-refractivity contribution in [3.05, 3.63) is 204 Å². The Labute approximate surface area is 496 Å². The zero-order valence-electron chi connectivity index (χ0n) is 42.8. The Morgan fingerprint density at radius 2 is 1.08 bits per heavy atom. The number of benzene rings is 6. The number of aromatic nitrogens is 2. The zero-order valence-corrected chi connectivity index (χ0v) is 50.4. The van der Waals surface area contributed by atoms with Crippen LogP contribution in [0.3, 0.4) is 0 Å². The first-order valence-electron chi connectivity index (χ1n) is 24.9. The third-order valence-corrected chi connectivity index (χ3v) is 18.7. The molecule has 4 heterocycles. The minimum Gasteiger partial charge on any atom is -1.00 e. The monoisotopic (exact) mass is 1310 g/mol. The molecular formula is C61H61I2N7O2S4-2. The minimum absolute atomic E-state index is 0. The summed E-state index contributed by atoms with van der Waals surface area (Å²) in [6.45, 7) is 2.70. The molecule has 2 N–H and O–H groups in total. The number of amides is 2. The van der Waals surface area contributed by atoms with Gasteiger partial charge in [0, 0.05) is 97.7 Å². The number of para-hydroxylation sites is 6. The van der Waals surface area contributed by atoms with Gasteiger partial charge in [-0.1, -0.05) is 120 Å². The summed E-state index contributed by atoms with van der Waals surface area (Å²) < 4.78 is 4.47. The molecule has 0 bridgehead atoms. The normalized spacial score (nSPS) is 14.2. The molecule has 0 radical (unpaired) electrons. The summed E-state index contributed by atoms with van der Waals surface area (Å²) in [6.07, 6.45) is 15.6. The number of nitrogens with one attached hydrogen (secondary N) is 2. The Morgan fingerprint density at radius 3 is 1.63 bits per heavy atom. The molecule has 8 aromatic rings. The molecule has 392 valence electrons. The van der Waals surface area contributed by atoms with Gasteiger partial charge >= 0.3 is 0 Å². The third kappa shape index (κ3) is 12.6. The second-order valence-electron chi connectivity index (χ2n) is 18.5. The van der Waals surface area contributed by atoms with Crippen molar-refractivity contribution in [1.82, 2.24) is 15.5 Å².